The molecule has 2 unspecified atom stereocenters. The summed E-state index contributed by atoms with van der Waals surface area (Å²) in [7, 11) is 2.25. The van der Waals surface area contributed by atoms with Crippen LogP contribution in [0.25, 0.3) is 0 Å². The zero-order valence-electron chi connectivity index (χ0n) is 12.6. The Morgan fingerprint density at radius 2 is 1.71 bits per heavy atom. The molecule has 0 radical (unpaired) electrons. The SMILES string of the molecule is CSCCC(C)N(C)C(C)CNCCC(C)C. The molecule has 0 aliphatic rings. The van der Waals surface area contributed by atoms with Crippen LogP contribution in [0.1, 0.15) is 40.5 Å². The van der Waals surface area contributed by atoms with Gasteiger partial charge in [-0.05, 0) is 58.2 Å². The average molecular weight is 260 g/mol. The molecule has 0 amide bonds. The molecule has 1 N–H and O–H groups in total. The maximum Gasteiger partial charge on any atom is 0.0192 e. The maximum absolute atomic E-state index is 3.56. The zero-order valence-corrected chi connectivity index (χ0v) is 13.4. The third kappa shape index (κ3) is 8.92. The lowest BCUT2D eigenvalue weighted by Gasteiger charge is -2.31. The van der Waals surface area contributed by atoms with Gasteiger partial charge in [0.25, 0.3) is 0 Å². The second kappa shape index (κ2) is 10.2. The van der Waals surface area contributed by atoms with Crippen LogP contribution in [-0.2, 0) is 0 Å². The molecule has 0 spiro atoms. The Morgan fingerprint density at radius 3 is 2.24 bits per heavy atom. The van der Waals surface area contributed by atoms with E-state index < -0.39 is 0 Å². The maximum atomic E-state index is 3.56. The topological polar surface area (TPSA) is 15.3 Å². The number of nitrogens with zero attached hydrogens (tertiary/aromatic N) is 1. The number of rotatable bonds is 10. The van der Waals surface area contributed by atoms with Gasteiger partial charge in [-0.15, -0.1) is 0 Å². The predicted molar refractivity (Wildman–Crippen MR) is 82.0 cm³/mol. The van der Waals surface area contributed by atoms with Gasteiger partial charge in [-0.2, -0.15) is 11.8 Å². The molecular weight excluding hydrogens is 228 g/mol. The largest absolute Gasteiger partial charge is 0.315 e. The van der Waals surface area contributed by atoms with E-state index in [2.05, 4.69) is 51.2 Å². The smallest absolute Gasteiger partial charge is 0.0192 e. The summed E-state index contributed by atoms with van der Waals surface area (Å²) < 4.78 is 0. The van der Waals surface area contributed by atoms with E-state index in [-0.39, 0.29) is 0 Å². The molecule has 2 atom stereocenters. The van der Waals surface area contributed by atoms with Gasteiger partial charge in [-0.25, -0.2) is 0 Å². The summed E-state index contributed by atoms with van der Waals surface area (Å²) in [4.78, 5) is 2.50. The van der Waals surface area contributed by atoms with E-state index in [1.165, 1.54) is 18.6 Å². The number of hydrogen-bond donors (Lipinski definition) is 1. The van der Waals surface area contributed by atoms with Crippen LogP contribution in [0.2, 0.25) is 0 Å². The molecule has 0 aliphatic carbocycles. The zero-order chi connectivity index (χ0) is 13.3. The van der Waals surface area contributed by atoms with Gasteiger partial charge in [0.15, 0.2) is 0 Å². The van der Waals surface area contributed by atoms with Crippen LogP contribution in [0.15, 0.2) is 0 Å². The first-order valence-electron chi connectivity index (χ1n) is 6.90. The molecule has 17 heavy (non-hydrogen) atoms. The Bertz CT molecular complexity index is 174. The van der Waals surface area contributed by atoms with Crippen LogP contribution in [0.5, 0.6) is 0 Å². The first-order chi connectivity index (χ1) is 7.99. The van der Waals surface area contributed by atoms with Crippen molar-refractivity contribution in [2.24, 2.45) is 5.92 Å². The molecule has 0 aromatic carbocycles. The predicted octanol–water partition coefficient (Wildman–Crippen LogP) is 3.08. The van der Waals surface area contributed by atoms with Crippen molar-refractivity contribution in [2.75, 3.05) is 32.1 Å². The summed E-state index contributed by atoms with van der Waals surface area (Å²) in [6.45, 7) is 11.5. The lowest BCUT2D eigenvalue weighted by atomic mass is 10.1. The van der Waals surface area contributed by atoms with Crippen molar-refractivity contribution in [3.05, 3.63) is 0 Å². The van der Waals surface area contributed by atoms with E-state index >= 15 is 0 Å². The fraction of sp³-hybridized carbons (Fsp3) is 1.00. The fourth-order valence-corrected chi connectivity index (χ4v) is 2.35. The van der Waals surface area contributed by atoms with Gasteiger partial charge >= 0.3 is 0 Å². The Labute approximate surface area is 113 Å². The molecule has 0 fully saturated rings. The van der Waals surface area contributed by atoms with Crippen LogP contribution in [0, 0.1) is 5.92 Å². The lowest BCUT2D eigenvalue weighted by Crippen LogP contribution is -2.43. The van der Waals surface area contributed by atoms with Crippen LogP contribution in [-0.4, -0.2) is 49.1 Å². The van der Waals surface area contributed by atoms with E-state index in [9.17, 15) is 0 Å². The second-order valence-corrected chi connectivity index (χ2v) is 6.52. The summed E-state index contributed by atoms with van der Waals surface area (Å²) in [5.41, 5.74) is 0. The molecular formula is C14H32N2S. The van der Waals surface area contributed by atoms with E-state index in [0.717, 1.165) is 19.0 Å². The van der Waals surface area contributed by atoms with E-state index in [1.807, 2.05) is 11.8 Å². The van der Waals surface area contributed by atoms with Crippen molar-refractivity contribution in [1.82, 2.24) is 10.2 Å². The van der Waals surface area contributed by atoms with Crippen LogP contribution >= 0.6 is 11.8 Å². The fourth-order valence-electron chi connectivity index (χ4n) is 1.77. The molecule has 0 aromatic rings. The van der Waals surface area contributed by atoms with Crippen molar-refractivity contribution in [1.29, 1.82) is 0 Å². The van der Waals surface area contributed by atoms with Gasteiger partial charge in [0.05, 0.1) is 0 Å². The van der Waals surface area contributed by atoms with Crippen molar-refractivity contribution in [3.63, 3.8) is 0 Å². The van der Waals surface area contributed by atoms with E-state index in [0.29, 0.717) is 12.1 Å². The minimum absolute atomic E-state index is 0.624. The standard InChI is InChI=1S/C14H32N2S/c1-12(2)7-9-15-11-14(4)16(5)13(3)8-10-17-6/h12-15H,7-11H2,1-6H3. The normalized spacial score (nSPS) is 15.5. The van der Waals surface area contributed by atoms with Crippen LogP contribution in [0.4, 0.5) is 0 Å². The highest BCUT2D eigenvalue weighted by atomic mass is 32.2. The molecule has 2 nitrogen and oxygen atoms in total. The number of thioether (sulfide) groups is 1. The highest BCUT2D eigenvalue weighted by Crippen LogP contribution is 2.09. The molecule has 0 aliphatic heterocycles. The Hall–Kier alpha value is 0.270. The van der Waals surface area contributed by atoms with Crippen LogP contribution in [0.3, 0.4) is 0 Å². The number of nitrogens with one attached hydrogen (secondary N) is 1. The van der Waals surface area contributed by atoms with Crippen molar-refractivity contribution >= 4 is 11.8 Å². The van der Waals surface area contributed by atoms with Gasteiger partial charge < -0.3 is 5.32 Å². The molecule has 0 saturated heterocycles. The van der Waals surface area contributed by atoms with Gasteiger partial charge in [0, 0.05) is 18.6 Å². The summed E-state index contributed by atoms with van der Waals surface area (Å²) in [6.07, 6.45) is 4.75. The van der Waals surface area contributed by atoms with Crippen LogP contribution < -0.4 is 5.32 Å². The monoisotopic (exact) mass is 260 g/mol. The summed E-state index contributed by atoms with van der Waals surface area (Å²) in [5.74, 6) is 2.06. The third-order valence-electron chi connectivity index (χ3n) is 3.47. The number of likely N-dealkylation sites (N-methyl/N-ethyl adjacent to an activating group) is 1. The highest BCUT2D eigenvalue weighted by Gasteiger charge is 2.14. The van der Waals surface area contributed by atoms with Gasteiger partial charge in [0.2, 0.25) is 0 Å². The molecule has 104 valence electrons. The first-order valence-corrected chi connectivity index (χ1v) is 8.30. The Morgan fingerprint density at radius 1 is 1.06 bits per heavy atom. The van der Waals surface area contributed by atoms with Crippen molar-refractivity contribution < 1.29 is 0 Å². The molecule has 3 heteroatoms. The molecule has 0 rings (SSSR count). The molecule has 0 saturated carbocycles. The summed E-state index contributed by atoms with van der Waals surface area (Å²) in [6, 6.07) is 1.31. The quantitative estimate of drug-likeness (QED) is 0.608. The number of hydrogen-bond acceptors (Lipinski definition) is 3. The lowest BCUT2D eigenvalue weighted by molar-refractivity contribution is 0.188. The second-order valence-electron chi connectivity index (χ2n) is 5.53. The Balaban J connectivity index is 3.68. The average Bonchev–Trinajstić information content (AvgIpc) is 2.30. The minimum Gasteiger partial charge on any atom is -0.315 e. The van der Waals surface area contributed by atoms with E-state index in [1.54, 1.807) is 0 Å². The summed E-state index contributed by atoms with van der Waals surface area (Å²) >= 11 is 1.94. The summed E-state index contributed by atoms with van der Waals surface area (Å²) in [5, 5.41) is 3.56. The molecule has 0 heterocycles. The van der Waals surface area contributed by atoms with Crippen molar-refractivity contribution in [2.45, 2.75) is 52.6 Å². The highest BCUT2D eigenvalue weighted by molar-refractivity contribution is 7.98. The first kappa shape index (κ1) is 17.3. The van der Waals surface area contributed by atoms with Gasteiger partial charge in [0.1, 0.15) is 0 Å². The molecule has 0 bridgehead atoms. The van der Waals surface area contributed by atoms with Gasteiger partial charge in [-0.1, -0.05) is 13.8 Å². The molecule has 0 aromatic heterocycles. The third-order valence-corrected chi connectivity index (χ3v) is 4.11. The van der Waals surface area contributed by atoms with E-state index in [4.69, 9.17) is 0 Å². The minimum atomic E-state index is 0.624. The Kier molecular flexibility index (Phi) is 10.4. The van der Waals surface area contributed by atoms with Gasteiger partial charge in [-0.3, -0.25) is 4.90 Å². The van der Waals surface area contributed by atoms with Crippen molar-refractivity contribution in [3.8, 4) is 0 Å².